The van der Waals surface area contributed by atoms with Gasteiger partial charge in [0.2, 0.25) is 0 Å². The normalized spacial score (nSPS) is 21.3. The summed E-state index contributed by atoms with van der Waals surface area (Å²) in [6.07, 6.45) is 1.12. The van der Waals surface area contributed by atoms with Crippen LogP contribution in [0, 0.1) is 0 Å². The third kappa shape index (κ3) is 14.1. The summed E-state index contributed by atoms with van der Waals surface area (Å²) in [7, 11) is 0. The van der Waals surface area contributed by atoms with Gasteiger partial charge >= 0.3 is 18.0 Å². The van der Waals surface area contributed by atoms with Crippen molar-refractivity contribution in [2.75, 3.05) is 13.1 Å². The predicted octanol–water partition coefficient (Wildman–Crippen LogP) is 8.52. The summed E-state index contributed by atoms with van der Waals surface area (Å²) in [6.45, 7) is 21.1. The maximum absolute atomic E-state index is 12.2. The molecule has 296 valence electrons. The average Bonchev–Trinajstić information content (AvgIpc) is 3.78. The van der Waals surface area contributed by atoms with E-state index in [4.69, 9.17) is 59.1 Å². The Kier molecular flexibility index (Phi) is 15.0. The first-order valence-corrected chi connectivity index (χ1v) is 18.5. The van der Waals surface area contributed by atoms with Crippen molar-refractivity contribution in [2.45, 2.75) is 116 Å². The number of hydrogen-bond donors (Lipinski definition) is 2. The zero-order valence-corrected chi connectivity index (χ0v) is 34.6. The van der Waals surface area contributed by atoms with Crippen LogP contribution in [0.25, 0.3) is 0 Å². The smallest absolute Gasteiger partial charge is 0.411 e. The second kappa shape index (κ2) is 18.2. The van der Waals surface area contributed by atoms with Gasteiger partial charge in [-0.25, -0.2) is 9.59 Å². The van der Waals surface area contributed by atoms with Crippen molar-refractivity contribution in [1.29, 1.82) is 0 Å². The molecule has 2 saturated heterocycles. The third-order valence-electron chi connectivity index (χ3n) is 7.64. The van der Waals surface area contributed by atoms with Gasteiger partial charge in [-0.05, 0) is 86.6 Å². The second-order valence-electron chi connectivity index (χ2n) is 16.2. The molecule has 2 aromatic rings. The molecule has 54 heavy (non-hydrogen) atoms. The van der Waals surface area contributed by atoms with E-state index < -0.39 is 40.5 Å². The summed E-state index contributed by atoms with van der Waals surface area (Å²) in [5, 5.41) is 19.8. The van der Waals surface area contributed by atoms with E-state index >= 15 is 0 Å². The molecule has 2 N–H and O–H groups in total. The maximum Gasteiger partial charge on any atom is 0.411 e. The summed E-state index contributed by atoms with van der Waals surface area (Å²) in [4.78, 5) is 43.6. The Morgan fingerprint density at radius 2 is 1.50 bits per heavy atom. The zero-order valence-electron chi connectivity index (χ0n) is 32.3. The lowest BCUT2D eigenvalue weighted by atomic mass is 9.92. The van der Waals surface area contributed by atoms with Gasteiger partial charge in [0.25, 0.3) is 0 Å². The Balaban J connectivity index is 0.000000231. The van der Waals surface area contributed by atoms with Gasteiger partial charge in [-0.1, -0.05) is 81.5 Å². The number of carbonyl (C=O) groups excluding carboxylic acids is 3. The average molecular weight is 810 g/mol. The van der Waals surface area contributed by atoms with Crippen LogP contribution in [0.15, 0.2) is 71.0 Å². The molecule has 1 amide bonds. The number of hydrogen-bond acceptors (Lipinski definition) is 11. The summed E-state index contributed by atoms with van der Waals surface area (Å²) in [5.41, 5.74) is 1.09. The van der Waals surface area contributed by atoms with E-state index in [1.807, 2.05) is 45.0 Å². The van der Waals surface area contributed by atoms with Gasteiger partial charge < -0.3 is 29.6 Å². The van der Waals surface area contributed by atoms with Crippen molar-refractivity contribution < 1.29 is 38.6 Å². The Bertz CT molecular complexity index is 1710. The van der Waals surface area contributed by atoms with E-state index in [1.54, 1.807) is 65.8 Å². The SMILES string of the molecule is C=C1C[C@@H](C(=O)OC(C)(C)C)N(C(=O)OC(C)(C)C)C1.CC(C)(C)OC(=O)[C@@H]1C[C@@]2(CN1)CC(c1cccc(Cl)c1)=NO2.O/N=C(/Cl)c1cccc(Cl)c1. The Labute approximate surface area is 332 Å². The highest BCUT2D eigenvalue weighted by Crippen LogP contribution is 2.35. The third-order valence-corrected chi connectivity index (χ3v) is 8.41. The molecule has 12 nitrogen and oxygen atoms in total. The Hall–Kier alpha value is -3.84. The van der Waals surface area contributed by atoms with E-state index in [1.165, 1.54) is 4.90 Å². The first-order chi connectivity index (χ1) is 24.9. The fraction of sp³-hybridized carbons (Fsp3) is 0.513. The van der Waals surface area contributed by atoms with E-state index in [2.05, 4.69) is 22.2 Å². The molecule has 3 aliphatic rings. The van der Waals surface area contributed by atoms with Crippen LogP contribution in [0.2, 0.25) is 10.0 Å². The quantitative estimate of drug-likeness (QED) is 0.0775. The van der Waals surface area contributed by atoms with Crippen molar-refractivity contribution in [3.63, 3.8) is 0 Å². The fourth-order valence-electron chi connectivity index (χ4n) is 5.48. The van der Waals surface area contributed by atoms with Crippen LogP contribution in [-0.2, 0) is 28.6 Å². The van der Waals surface area contributed by atoms with E-state index in [0.29, 0.717) is 48.0 Å². The summed E-state index contributed by atoms with van der Waals surface area (Å²) in [6, 6.07) is 13.3. The molecule has 15 heteroatoms. The van der Waals surface area contributed by atoms with Crippen LogP contribution in [0.5, 0.6) is 0 Å². The largest absolute Gasteiger partial charge is 0.459 e. The molecule has 0 unspecified atom stereocenters. The number of carbonyl (C=O) groups is 3. The number of amides is 1. The number of oxime groups is 2. The van der Waals surface area contributed by atoms with Gasteiger partial charge in [-0.2, -0.15) is 0 Å². The molecule has 3 aliphatic heterocycles. The van der Waals surface area contributed by atoms with Crippen LogP contribution in [0.3, 0.4) is 0 Å². The van der Waals surface area contributed by atoms with Crippen molar-refractivity contribution in [3.05, 3.63) is 81.9 Å². The molecule has 0 radical (unpaired) electrons. The lowest BCUT2D eigenvalue weighted by molar-refractivity contribution is -0.160. The molecular formula is C39H51Cl3N4O8. The maximum atomic E-state index is 12.2. The number of nitrogens with one attached hydrogen (secondary N) is 1. The van der Waals surface area contributed by atoms with Crippen LogP contribution < -0.4 is 5.32 Å². The molecule has 1 spiro atoms. The fourth-order valence-corrected chi connectivity index (χ4v) is 5.98. The molecule has 2 fully saturated rings. The Morgan fingerprint density at radius 3 is 2.06 bits per heavy atom. The molecule has 3 heterocycles. The van der Waals surface area contributed by atoms with Crippen LogP contribution in [-0.4, -0.2) is 86.6 Å². The standard InChI is InChI=1S/C17H21ClN2O3.C15H25NO4.C7H5Cl2NO/c1-16(2,3)22-15(21)14-9-17(10-19-14)8-13(20-23-17)11-5-4-6-12(18)7-11;1-10-8-11(12(17)19-14(2,3)4)16(9-10)13(18)20-15(5,6)7;8-6-3-1-2-5(4-6)7(9)10-11/h4-7,14,19H,8-10H2,1-3H3;11H,1,8-9H2,2-7H3;1-4,11H/b;;10-7+/t14-,17+;11-;/m00./s1. The predicted molar refractivity (Wildman–Crippen MR) is 211 cm³/mol. The van der Waals surface area contributed by atoms with Gasteiger partial charge in [0, 0.05) is 53.5 Å². The van der Waals surface area contributed by atoms with Crippen LogP contribution in [0.4, 0.5) is 4.79 Å². The molecule has 0 bridgehead atoms. The minimum absolute atomic E-state index is 0.0347. The lowest BCUT2D eigenvalue weighted by Crippen LogP contribution is -2.45. The molecule has 0 aromatic heterocycles. The first kappa shape index (κ1) is 44.6. The van der Waals surface area contributed by atoms with Crippen molar-refractivity contribution in [2.24, 2.45) is 10.3 Å². The topological polar surface area (TPSA) is 148 Å². The monoisotopic (exact) mass is 808 g/mol. The van der Waals surface area contributed by atoms with Gasteiger partial charge in [0.15, 0.2) is 10.8 Å². The minimum Gasteiger partial charge on any atom is -0.459 e. The molecule has 2 aromatic carbocycles. The number of esters is 2. The molecule has 0 aliphatic carbocycles. The van der Waals surface area contributed by atoms with Crippen molar-refractivity contribution in [3.8, 4) is 0 Å². The first-order valence-electron chi connectivity index (χ1n) is 17.4. The van der Waals surface area contributed by atoms with Crippen LogP contribution >= 0.6 is 34.8 Å². The molecule has 5 rings (SSSR count). The number of nitrogens with zero attached hydrogens (tertiary/aromatic N) is 3. The van der Waals surface area contributed by atoms with Gasteiger partial charge in [-0.15, -0.1) is 0 Å². The number of halogens is 3. The van der Waals surface area contributed by atoms with Crippen molar-refractivity contribution >= 4 is 63.7 Å². The van der Waals surface area contributed by atoms with Crippen molar-refractivity contribution in [1.82, 2.24) is 10.2 Å². The molecular weight excluding hydrogens is 759 g/mol. The number of benzene rings is 2. The second-order valence-corrected chi connectivity index (χ2v) is 17.4. The summed E-state index contributed by atoms with van der Waals surface area (Å²) >= 11 is 17.2. The minimum atomic E-state index is -0.642. The number of ether oxygens (including phenoxy) is 3. The number of likely N-dealkylation sites (tertiary alicyclic amines) is 1. The van der Waals surface area contributed by atoms with E-state index in [9.17, 15) is 14.4 Å². The summed E-state index contributed by atoms with van der Waals surface area (Å²) in [5.74, 6) is -0.656. The lowest BCUT2D eigenvalue weighted by Gasteiger charge is -2.29. The molecule has 3 atom stereocenters. The van der Waals surface area contributed by atoms with E-state index in [0.717, 1.165) is 16.8 Å². The van der Waals surface area contributed by atoms with Gasteiger partial charge in [-0.3, -0.25) is 9.69 Å². The zero-order chi connectivity index (χ0) is 40.6. The van der Waals surface area contributed by atoms with Gasteiger partial charge in [0.05, 0.1) is 5.71 Å². The Morgan fingerprint density at radius 1 is 0.926 bits per heavy atom. The summed E-state index contributed by atoms with van der Waals surface area (Å²) < 4.78 is 16.1. The van der Waals surface area contributed by atoms with E-state index in [-0.39, 0.29) is 17.2 Å². The highest BCUT2D eigenvalue weighted by Gasteiger charge is 2.49. The van der Waals surface area contributed by atoms with Crippen LogP contribution in [0.1, 0.15) is 92.7 Å². The highest BCUT2D eigenvalue weighted by atomic mass is 35.5. The van der Waals surface area contributed by atoms with Gasteiger partial charge in [0.1, 0.15) is 28.9 Å². The highest BCUT2D eigenvalue weighted by molar-refractivity contribution is 6.69. The number of rotatable bonds is 4. The molecule has 0 saturated carbocycles.